The zero-order chi connectivity index (χ0) is 16.4. The summed E-state index contributed by atoms with van der Waals surface area (Å²) < 4.78 is 6.40. The number of amides is 1. The number of nitrogens with one attached hydrogen (secondary N) is 1. The maximum Gasteiger partial charge on any atom is 0.420 e. The highest BCUT2D eigenvalue weighted by atomic mass is 35.5. The molecule has 0 radical (unpaired) electrons. The maximum atomic E-state index is 12.1. The van der Waals surface area contributed by atoms with Crippen LogP contribution >= 0.6 is 11.6 Å². The third kappa shape index (κ3) is 3.29. The first-order valence-corrected chi connectivity index (χ1v) is 7.52. The summed E-state index contributed by atoms with van der Waals surface area (Å²) >= 11 is 5.87. The number of carbonyl (C=O) groups excluding carboxylic acids is 1. The van der Waals surface area contributed by atoms with Crippen LogP contribution in [0.2, 0.25) is 5.02 Å². The highest BCUT2D eigenvalue weighted by Gasteiger charge is 2.13. The molecule has 1 heterocycles. The zero-order valence-corrected chi connectivity index (χ0v) is 13.3. The molecular formula is C17H15ClN2O3. The summed E-state index contributed by atoms with van der Waals surface area (Å²) in [5, 5.41) is 3.29. The molecule has 0 bridgehead atoms. The van der Waals surface area contributed by atoms with E-state index in [9.17, 15) is 9.59 Å². The minimum absolute atomic E-state index is 0.0979. The summed E-state index contributed by atoms with van der Waals surface area (Å²) in [6.45, 7) is 2.31. The van der Waals surface area contributed by atoms with E-state index in [-0.39, 0.29) is 12.5 Å². The van der Waals surface area contributed by atoms with Crippen LogP contribution in [-0.4, -0.2) is 10.5 Å². The average Bonchev–Trinajstić information content (AvgIpc) is 2.81. The average molecular weight is 331 g/mol. The number of halogens is 1. The first-order valence-electron chi connectivity index (χ1n) is 7.14. The lowest BCUT2D eigenvalue weighted by molar-refractivity contribution is -0.121. The third-order valence-corrected chi connectivity index (χ3v) is 3.90. The van der Waals surface area contributed by atoms with E-state index in [2.05, 4.69) is 5.32 Å². The quantitative estimate of drug-likeness (QED) is 0.800. The molecule has 5 nitrogen and oxygen atoms in total. The van der Waals surface area contributed by atoms with E-state index in [0.717, 1.165) is 11.1 Å². The summed E-state index contributed by atoms with van der Waals surface area (Å²) in [5.41, 5.74) is 3.06. The number of rotatable bonds is 4. The van der Waals surface area contributed by atoms with E-state index in [0.29, 0.717) is 22.7 Å². The standard InChI is InChI=1S/C17H15ClN2O3/c1-11-4-2-3-5-12(11)9-19-16(21)10-20-14-7-6-13(18)8-15(14)23-17(20)22/h2-8H,9-10H2,1H3,(H,19,21). The highest BCUT2D eigenvalue weighted by Crippen LogP contribution is 2.18. The first-order chi connectivity index (χ1) is 11.0. The van der Waals surface area contributed by atoms with Crippen molar-refractivity contribution < 1.29 is 9.21 Å². The number of nitrogens with zero attached hydrogens (tertiary/aromatic N) is 1. The minimum atomic E-state index is -0.576. The van der Waals surface area contributed by atoms with Gasteiger partial charge in [-0.25, -0.2) is 4.79 Å². The third-order valence-electron chi connectivity index (χ3n) is 3.67. The van der Waals surface area contributed by atoms with E-state index in [1.165, 1.54) is 4.57 Å². The van der Waals surface area contributed by atoms with Crippen molar-refractivity contribution in [3.8, 4) is 0 Å². The monoisotopic (exact) mass is 330 g/mol. The molecular weight excluding hydrogens is 316 g/mol. The van der Waals surface area contributed by atoms with E-state index in [1.807, 2.05) is 31.2 Å². The van der Waals surface area contributed by atoms with Gasteiger partial charge >= 0.3 is 5.76 Å². The molecule has 0 unspecified atom stereocenters. The Kier molecular flexibility index (Phi) is 4.21. The molecule has 0 spiro atoms. The SMILES string of the molecule is Cc1ccccc1CNC(=O)Cn1c(=O)oc2cc(Cl)ccc21. The summed E-state index contributed by atoms with van der Waals surface area (Å²) in [4.78, 5) is 24.0. The molecule has 2 aromatic carbocycles. The molecule has 1 amide bonds. The Hall–Kier alpha value is -2.53. The molecule has 0 atom stereocenters. The van der Waals surface area contributed by atoms with Gasteiger partial charge < -0.3 is 9.73 Å². The molecule has 0 aliphatic heterocycles. The van der Waals surface area contributed by atoms with Gasteiger partial charge in [0.2, 0.25) is 5.91 Å². The van der Waals surface area contributed by atoms with E-state index < -0.39 is 5.76 Å². The van der Waals surface area contributed by atoms with Crippen molar-refractivity contribution in [3.63, 3.8) is 0 Å². The van der Waals surface area contributed by atoms with Crippen LogP contribution in [0.3, 0.4) is 0 Å². The normalized spacial score (nSPS) is 10.9. The molecule has 118 valence electrons. The number of benzene rings is 2. The van der Waals surface area contributed by atoms with Crippen LogP contribution in [0.1, 0.15) is 11.1 Å². The minimum Gasteiger partial charge on any atom is -0.408 e. The molecule has 23 heavy (non-hydrogen) atoms. The summed E-state index contributed by atoms with van der Waals surface area (Å²) in [6.07, 6.45) is 0. The predicted molar refractivity (Wildman–Crippen MR) is 88.5 cm³/mol. The second kappa shape index (κ2) is 6.30. The Morgan fingerprint density at radius 2 is 2.04 bits per heavy atom. The summed E-state index contributed by atoms with van der Waals surface area (Å²) in [6, 6.07) is 12.7. The van der Waals surface area contributed by atoms with Gasteiger partial charge in [0.1, 0.15) is 6.54 Å². The van der Waals surface area contributed by atoms with Crippen molar-refractivity contribution in [2.75, 3.05) is 0 Å². The molecule has 0 saturated carbocycles. The van der Waals surface area contributed by atoms with Gasteiger partial charge in [-0.05, 0) is 30.2 Å². The Balaban J connectivity index is 1.75. The van der Waals surface area contributed by atoms with Gasteiger partial charge in [-0.1, -0.05) is 35.9 Å². The van der Waals surface area contributed by atoms with Crippen LogP contribution in [0.5, 0.6) is 0 Å². The molecule has 0 saturated heterocycles. The van der Waals surface area contributed by atoms with Crippen LogP contribution in [0.4, 0.5) is 0 Å². The fraction of sp³-hybridized carbons (Fsp3) is 0.176. The number of hydrogen-bond donors (Lipinski definition) is 1. The largest absolute Gasteiger partial charge is 0.420 e. The second-order valence-electron chi connectivity index (χ2n) is 5.27. The molecule has 1 aromatic heterocycles. The van der Waals surface area contributed by atoms with Crippen molar-refractivity contribution in [3.05, 3.63) is 69.2 Å². The van der Waals surface area contributed by atoms with E-state index >= 15 is 0 Å². The Labute approximate surface area is 137 Å². The fourth-order valence-electron chi connectivity index (χ4n) is 2.39. The van der Waals surface area contributed by atoms with Gasteiger partial charge in [0.25, 0.3) is 0 Å². The van der Waals surface area contributed by atoms with Gasteiger partial charge in [-0.2, -0.15) is 0 Å². The molecule has 0 aliphatic carbocycles. The molecule has 3 rings (SSSR count). The molecule has 0 fully saturated rings. The molecule has 1 N–H and O–H groups in total. The molecule has 0 aliphatic rings. The number of oxazole rings is 1. The van der Waals surface area contributed by atoms with Crippen LogP contribution < -0.4 is 11.1 Å². The summed E-state index contributed by atoms with van der Waals surface area (Å²) in [7, 11) is 0. The first kappa shape index (κ1) is 15.4. The zero-order valence-electron chi connectivity index (χ0n) is 12.5. The lowest BCUT2D eigenvalue weighted by atomic mass is 10.1. The number of hydrogen-bond acceptors (Lipinski definition) is 3. The van der Waals surface area contributed by atoms with Gasteiger partial charge in [-0.3, -0.25) is 9.36 Å². The fourth-order valence-corrected chi connectivity index (χ4v) is 2.55. The van der Waals surface area contributed by atoms with Crippen molar-refractivity contribution >= 4 is 28.6 Å². The van der Waals surface area contributed by atoms with Crippen LogP contribution in [0, 0.1) is 6.92 Å². The smallest absolute Gasteiger partial charge is 0.408 e. The number of fused-ring (bicyclic) bond motifs is 1. The second-order valence-corrected chi connectivity index (χ2v) is 5.71. The number of aryl methyl sites for hydroxylation is 1. The van der Waals surface area contributed by atoms with Crippen LogP contribution in [0.15, 0.2) is 51.7 Å². The van der Waals surface area contributed by atoms with E-state index in [1.54, 1.807) is 18.2 Å². The van der Waals surface area contributed by atoms with Crippen molar-refractivity contribution in [1.82, 2.24) is 9.88 Å². The molecule has 3 aromatic rings. The predicted octanol–water partition coefficient (Wildman–Crippen LogP) is 2.87. The van der Waals surface area contributed by atoms with Crippen LogP contribution in [-0.2, 0) is 17.9 Å². The van der Waals surface area contributed by atoms with Gasteiger partial charge in [0, 0.05) is 17.6 Å². The summed E-state index contributed by atoms with van der Waals surface area (Å²) in [5.74, 6) is -0.832. The highest BCUT2D eigenvalue weighted by molar-refractivity contribution is 6.31. The number of aromatic nitrogens is 1. The van der Waals surface area contributed by atoms with Crippen molar-refractivity contribution in [1.29, 1.82) is 0 Å². The van der Waals surface area contributed by atoms with Gasteiger partial charge in [0.05, 0.1) is 5.52 Å². The van der Waals surface area contributed by atoms with Crippen LogP contribution in [0.25, 0.3) is 11.1 Å². The maximum absolute atomic E-state index is 12.1. The van der Waals surface area contributed by atoms with Crippen molar-refractivity contribution in [2.24, 2.45) is 0 Å². The van der Waals surface area contributed by atoms with Gasteiger partial charge in [0.15, 0.2) is 5.58 Å². The molecule has 6 heteroatoms. The Morgan fingerprint density at radius 3 is 2.83 bits per heavy atom. The Bertz CT molecular complexity index is 927. The van der Waals surface area contributed by atoms with E-state index in [4.69, 9.17) is 16.0 Å². The lowest BCUT2D eigenvalue weighted by Crippen LogP contribution is -2.30. The van der Waals surface area contributed by atoms with Crippen molar-refractivity contribution in [2.45, 2.75) is 20.0 Å². The lowest BCUT2D eigenvalue weighted by Gasteiger charge is -2.08. The van der Waals surface area contributed by atoms with Gasteiger partial charge in [-0.15, -0.1) is 0 Å². The Morgan fingerprint density at radius 1 is 1.26 bits per heavy atom. The topological polar surface area (TPSA) is 64.2 Å². The number of carbonyl (C=O) groups is 1.